The number of anilines is 4. The normalized spacial score (nSPS) is 10.3. The van der Waals surface area contributed by atoms with Crippen LogP contribution in [0.1, 0.15) is 119 Å². The number of unbranched alkanes of at least 4 members (excludes halogenated alkanes) is 4. The molecule has 582 valence electrons. The number of alkyl carbamates (subject to hydrolysis) is 1. The maximum atomic E-state index is 12.2. The highest BCUT2D eigenvalue weighted by atomic mass is 127. The van der Waals surface area contributed by atoms with E-state index in [1.807, 2.05) is 79.1 Å². The number of halogens is 3. The number of guanidine groups is 1. The number of amides is 3. The number of amidine groups is 1. The molecule has 4 aromatic carbocycles. The van der Waals surface area contributed by atoms with Gasteiger partial charge in [0.25, 0.3) is 11.8 Å². The third-order valence-electron chi connectivity index (χ3n) is 14.3. The van der Waals surface area contributed by atoms with Crippen LogP contribution in [0.4, 0.5) is 28.1 Å². The van der Waals surface area contributed by atoms with Crippen LogP contribution in [0, 0.1) is 16.7 Å². The number of nitrogens with two attached hydrogens (primary N) is 7. The van der Waals surface area contributed by atoms with Crippen molar-refractivity contribution in [3.63, 3.8) is 0 Å². The molecule has 31 nitrogen and oxygen atoms in total. The van der Waals surface area contributed by atoms with E-state index in [4.69, 9.17) is 108 Å². The average Bonchev–Trinajstić information content (AvgIpc) is 1.38. The summed E-state index contributed by atoms with van der Waals surface area (Å²) >= 11 is 12.5. The second kappa shape index (κ2) is 57.6. The molecule has 3 amide bonds. The van der Waals surface area contributed by atoms with Crippen LogP contribution in [0.15, 0.2) is 133 Å². The van der Waals surface area contributed by atoms with Crippen LogP contribution in [0.2, 0.25) is 10.3 Å². The van der Waals surface area contributed by atoms with Crippen molar-refractivity contribution >= 4 is 111 Å². The van der Waals surface area contributed by atoms with Crippen LogP contribution in [-0.4, -0.2) is 154 Å². The van der Waals surface area contributed by atoms with E-state index in [0.29, 0.717) is 45.9 Å². The number of hydrogen-bond donors (Lipinski definition) is 14. The van der Waals surface area contributed by atoms with Crippen LogP contribution in [-0.2, 0) is 52.9 Å². The van der Waals surface area contributed by atoms with E-state index in [1.54, 1.807) is 32.9 Å². The summed E-state index contributed by atoms with van der Waals surface area (Å²) in [5.74, 6) is 2.90. The zero-order valence-corrected chi connectivity index (χ0v) is 65.4. The quantitative estimate of drug-likeness (QED) is 0.00577. The lowest BCUT2D eigenvalue weighted by Crippen LogP contribution is -2.38. The van der Waals surface area contributed by atoms with Crippen LogP contribution >= 0.6 is 58.9 Å². The number of aromatic amines is 2. The first-order valence-electron chi connectivity index (χ1n) is 33.9. The Morgan fingerprint density at radius 2 is 1.06 bits per heavy atom. The van der Waals surface area contributed by atoms with E-state index < -0.39 is 11.8 Å². The summed E-state index contributed by atoms with van der Waals surface area (Å²) in [7, 11) is 4.11. The number of thioether (sulfide) groups is 1. The van der Waals surface area contributed by atoms with Gasteiger partial charge in [-0.05, 0) is 149 Å². The van der Waals surface area contributed by atoms with Gasteiger partial charge in [-0.2, -0.15) is 5.26 Å². The van der Waals surface area contributed by atoms with Crippen molar-refractivity contribution in [3.05, 3.63) is 184 Å². The minimum absolute atomic E-state index is 0. The summed E-state index contributed by atoms with van der Waals surface area (Å²) in [4.78, 5) is 69.0. The van der Waals surface area contributed by atoms with Crippen molar-refractivity contribution in [2.45, 2.75) is 109 Å². The van der Waals surface area contributed by atoms with Gasteiger partial charge in [-0.3, -0.25) is 25.3 Å². The highest BCUT2D eigenvalue weighted by molar-refractivity contribution is 14.0. The van der Waals surface area contributed by atoms with Gasteiger partial charge in [0.15, 0.2) is 62.4 Å². The molecule has 0 radical (unpaired) electrons. The van der Waals surface area contributed by atoms with Crippen LogP contribution < -0.4 is 70.3 Å². The lowest BCUT2D eigenvalue weighted by Gasteiger charge is -2.08. The van der Waals surface area contributed by atoms with Crippen molar-refractivity contribution in [2.75, 3.05) is 96.5 Å². The number of aryl methyl sites for hydroxylation is 5. The molecular weight excluding hydrogens is 1550 g/mol. The Kier molecular flexibility index (Phi) is 50.3. The monoisotopic (exact) mass is 1650 g/mol. The number of carbonyl (C=O) groups excluding carboxylic acids is 3. The molecule has 0 spiro atoms. The summed E-state index contributed by atoms with van der Waals surface area (Å²) in [6.45, 7) is 4.47. The Morgan fingerprint density at radius 3 is 1.47 bits per heavy atom. The third-order valence-corrected chi connectivity index (χ3v) is 15.4. The largest absolute Gasteiger partial charge is 0.494 e. The first kappa shape index (κ1) is 93.4. The highest BCUT2D eigenvalue weighted by Gasteiger charge is 2.18. The van der Waals surface area contributed by atoms with Gasteiger partial charge in [0.2, 0.25) is 0 Å². The minimum Gasteiger partial charge on any atom is -0.494 e. The number of aliphatic hydroxyl groups excluding tert-OH is 1. The first-order valence-corrected chi connectivity index (χ1v) is 35.9. The standard InChI is InChI=1S/C22H28ClN9O2.C22H26N2O3.C16H23N3O.C7H9ClN6OS.C4H11NO2.CH4O.HI/c23-18-20(25)31-19(24)17(30-18)21(33)32-22(26)29-10-2-1-4-14-6-8-15(9-7-14)34-13-3-5-16-27-11-12-28-16;23-15-5-7-17-26-21-13-11-19(12-14-21)8-4-6-16-24-22(25)27-18-20-9-2-1-3-10-20;17-10-2-1-4-14-6-8-15(9-7-14)20-13-3-5-16-18-11-12-19-16;1-16-7(11)14-6(15)2-4(9)13-5(10)3(8)12-2;1-6-4(3-5)7-2;1-2;/h6-9,11-12H,1-5,10,13H2,(H,27,28)(H4,24,25,31)(H3,26,29,32,33);1-3,9-14H,4-8,16-18H2,(H,24,25);6-9,11-12H,1-5,10,13,17H2,(H,18,19);1H3,(H4,9,10,13)(H2,11,14,15);4H,3,5H2,1-2H3;2H,1H3;1H. The van der Waals surface area contributed by atoms with Crippen molar-refractivity contribution in [2.24, 2.45) is 22.2 Å². The number of carbonyl (C=O) groups is 3. The van der Waals surface area contributed by atoms with E-state index in [1.165, 1.54) is 16.7 Å². The van der Waals surface area contributed by atoms with Crippen LogP contribution in [0.3, 0.4) is 0 Å². The molecule has 4 heterocycles. The zero-order valence-electron chi connectivity index (χ0n) is 60.8. The van der Waals surface area contributed by atoms with Crippen LogP contribution in [0.5, 0.6) is 17.2 Å². The van der Waals surface area contributed by atoms with Crippen molar-refractivity contribution in [1.29, 1.82) is 10.7 Å². The molecular formula is C72H102Cl2IN21O10S. The molecule has 107 heavy (non-hydrogen) atoms. The number of nitrogens with one attached hydrogen (secondary N) is 6. The van der Waals surface area contributed by atoms with E-state index in [0.717, 1.165) is 150 Å². The van der Waals surface area contributed by atoms with Gasteiger partial charge >= 0.3 is 6.09 Å². The second-order valence-corrected chi connectivity index (χ2v) is 23.8. The predicted molar refractivity (Wildman–Crippen MR) is 432 cm³/mol. The average molecular weight is 1650 g/mol. The molecule has 21 N–H and O–H groups in total. The highest BCUT2D eigenvalue weighted by Crippen LogP contribution is 2.21. The number of ether oxygens (including phenoxy) is 6. The van der Waals surface area contributed by atoms with Crippen LogP contribution in [0.25, 0.3) is 0 Å². The summed E-state index contributed by atoms with van der Waals surface area (Å²) < 4.78 is 31.6. The van der Waals surface area contributed by atoms with Gasteiger partial charge in [0.1, 0.15) is 35.5 Å². The fourth-order valence-electron chi connectivity index (χ4n) is 8.79. The number of nitrogen functional groups attached to an aromatic ring is 4. The zero-order chi connectivity index (χ0) is 77.5. The first-order chi connectivity index (χ1) is 51.4. The summed E-state index contributed by atoms with van der Waals surface area (Å²) in [5.41, 5.74) is 42.8. The fraction of sp³-hybridized carbons (Fsp3) is 0.389. The maximum Gasteiger partial charge on any atom is 0.407 e. The molecule has 0 aliphatic carbocycles. The molecule has 0 saturated carbocycles. The molecule has 35 heteroatoms. The summed E-state index contributed by atoms with van der Waals surface area (Å²) in [6, 6.07) is 36.2. The number of methoxy groups -OCH3 is 2. The van der Waals surface area contributed by atoms with E-state index in [-0.39, 0.29) is 99.1 Å². The lowest BCUT2D eigenvalue weighted by atomic mass is 10.1. The van der Waals surface area contributed by atoms with Gasteiger partial charge < -0.3 is 94.3 Å². The van der Waals surface area contributed by atoms with Gasteiger partial charge in [-0.25, -0.2) is 34.7 Å². The summed E-state index contributed by atoms with van der Waals surface area (Å²) in [5, 5.41) is 30.0. The molecule has 4 aromatic heterocycles. The predicted octanol–water partition coefficient (Wildman–Crippen LogP) is 9.53. The summed E-state index contributed by atoms with van der Waals surface area (Å²) in [6.07, 6.45) is 21.9. The molecule has 8 aromatic rings. The number of aliphatic imine (C=N–C) groups is 1. The number of nitriles is 1. The third kappa shape index (κ3) is 41.2. The second-order valence-electron chi connectivity index (χ2n) is 22.3. The number of aromatic nitrogens is 8. The minimum atomic E-state index is -0.656. The van der Waals surface area contributed by atoms with Crippen molar-refractivity contribution in [3.8, 4) is 23.3 Å². The Balaban J connectivity index is 0.000000479. The molecule has 0 unspecified atom stereocenters. The number of imidazole rings is 2. The Labute approximate surface area is 656 Å². The number of rotatable bonds is 35. The molecule has 0 aliphatic rings. The SMILES string of the molecule is CO.COC(CN)OC.CSC(=N)NC(=O)c1nc(Cl)c(N)nc1N.I.N#CCCCOc1ccc(CCCCNC(=O)OCc2ccccc2)cc1.NC(=NCCCCc1ccc(OCCCc2ncc[nH]2)cc1)NC(=O)c1nc(Cl)c(N)nc1N.NCCCCc1ccc(OCCCc2ncc[nH]2)cc1. The van der Waals surface area contributed by atoms with Gasteiger partial charge in [-0.1, -0.05) is 102 Å². The molecule has 0 bridgehead atoms. The van der Waals surface area contributed by atoms with Gasteiger partial charge in [-0.15, -0.1) is 24.0 Å². The topological polar surface area (TPSA) is 514 Å². The van der Waals surface area contributed by atoms with Gasteiger partial charge in [0, 0.05) is 85.0 Å². The van der Waals surface area contributed by atoms with E-state index >= 15 is 0 Å². The van der Waals surface area contributed by atoms with Crippen molar-refractivity contribution in [1.82, 2.24) is 55.8 Å². The van der Waals surface area contributed by atoms with E-state index in [9.17, 15) is 14.4 Å². The Morgan fingerprint density at radius 1 is 0.607 bits per heavy atom. The molecule has 0 aliphatic heterocycles. The van der Waals surface area contributed by atoms with E-state index in [2.05, 4.69) is 103 Å². The molecule has 0 atom stereocenters. The number of H-pyrrole nitrogens is 2. The molecule has 0 fully saturated rings. The molecule has 0 saturated heterocycles. The Bertz CT molecular complexity index is 3790. The number of nitrogens with zero attached hydrogens (tertiary/aromatic N) is 8. The number of aliphatic hydroxyl groups is 1. The lowest BCUT2D eigenvalue weighted by molar-refractivity contribution is -0.0940. The number of benzene rings is 4. The molecule has 8 rings (SSSR count). The fourth-order valence-corrected chi connectivity index (χ4v) is 9.24. The smallest absolute Gasteiger partial charge is 0.407 e. The maximum absolute atomic E-state index is 12.2. The van der Waals surface area contributed by atoms with Gasteiger partial charge in [0.05, 0.1) is 25.9 Å². The van der Waals surface area contributed by atoms with Crippen molar-refractivity contribution < 1.29 is 47.9 Å². The number of hydrogen-bond acceptors (Lipinski definition) is 26. The Hall–Kier alpha value is -9.64.